The van der Waals surface area contributed by atoms with Crippen LogP contribution in [0.5, 0.6) is 0 Å². The Morgan fingerprint density at radius 1 is 0.291 bits per heavy atom. The summed E-state index contributed by atoms with van der Waals surface area (Å²) in [6.45, 7) is 0. The van der Waals surface area contributed by atoms with Gasteiger partial charge in [-0.05, 0) is 41.5 Å². The number of rotatable bonds is 7. The Bertz CT molecular complexity index is 2890. The van der Waals surface area contributed by atoms with E-state index in [-0.39, 0.29) is 0 Å². The monoisotopic (exact) mass is 720 g/mol. The van der Waals surface area contributed by atoms with Crippen LogP contribution in [0.1, 0.15) is 0 Å². The van der Waals surface area contributed by atoms with E-state index in [1.807, 2.05) is 48.5 Å². The summed E-state index contributed by atoms with van der Waals surface area (Å²) >= 11 is 1.79. The van der Waals surface area contributed by atoms with Gasteiger partial charge in [0.2, 0.25) is 0 Å². The van der Waals surface area contributed by atoms with E-state index in [4.69, 9.17) is 19.9 Å². The first-order valence-corrected chi connectivity index (χ1v) is 19.1. The summed E-state index contributed by atoms with van der Waals surface area (Å²) in [7, 11) is 0. The third-order valence-corrected chi connectivity index (χ3v) is 11.2. The van der Waals surface area contributed by atoms with Crippen LogP contribution in [0.15, 0.2) is 194 Å². The molecule has 0 aliphatic carbocycles. The van der Waals surface area contributed by atoms with Gasteiger partial charge in [0.15, 0.2) is 11.6 Å². The molecule has 258 valence electrons. The molecule has 0 spiro atoms. The normalized spacial score (nSPS) is 11.3. The molecular weight excluding hydrogens is 689 g/mol. The van der Waals surface area contributed by atoms with E-state index in [0.29, 0.717) is 11.6 Å². The van der Waals surface area contributed by atoms with Gasteiger partial charge in [0.25, 0.3) is 0 Å². The van der Waals surface area contributed by atoms with Crippen molar-refractivity contribution in [1.82, 2.24) is 19.9 Å². The summed E-state index contributed by atoms with van der Waals surface area (Å²) in [4.78, 5) is 20.6. The zero-order valence-corrected chi connectivity index (χ0v) is 30.5. The van der Waals surface area contributed by atoms with Gasteiger partial charge in [0.1, 0.15) is 0 Å². The zero-order chi connectivity index (χ0) is 36.6. The van der Waals surface area contributed by atoms with Crippen molar-refractivity contribution < 1.29 is 0 Å². The fraction of sp³-hybridized carbons (Fsp3) is 0. The van der Waals surface area contributed by atoms with Gasteiger partial charge in [-0.15, -0.1) is 11.3 Å². The fourth-order valence-electron chi connectivity index (χ4n) is 7.14. The van der Waals surface area contributed by atoms with Gasteiger partial charge in [0.05, 0.1) is 22.8 Å². The fourth-order valence-corrected chi connectivity index (χ4v) is 8.35. The molecule has 0 radical (unpaired) electrons. The van der Waals surface area contributed by atoms with Crippen molar-refractivity contribution in [3.63, 3.8) is 0 Å². The van der Waals surface area contributed by atoms with E-state index in [2.05, 4.69) is 146 Å². The molecule has 55 heavy (non-hydrogen) atoms. The maximum atomic E-state index is 5.24. The lowest BCUT2D eigenvalue weighted by molar-refractivity contribution is 1.18. The van der Waals surface area contributed by atoms with Crippen LogP contribution in [0.25, 0.3) is 99.1 Å². The first-order chi connectivity index (χ1) is 27.2. The molecule has 3 aromatic heterocycles. The molecular formula is C50H32N4S. The number of hydrogen-bond donors (Lipinski definition) is 0. The maximum Gasteiger partial charge on any atom is 0.160 e. The third-order valence-electron chi connectivity index (χ3n) is 9.94. The van der Waals surface area contributed by atoms with Gasteiger partial charge in [-0.25, -0.2) is 19.9 Å². The van der Waals surface area contributed by atoms with E-state index in [0.717, 1.165) is 61.7 Å². The Balaban J connectivity index is 1.10. The van der Waals surface area contributed by atoms with Gasteiger partial charge >= 0.3 is 0 Å². The largest absolute Gasteiger partial charge is 0.228 e. The number of benzene rings is 7. The summed E-state index contributed by atoms with van der Waals surface area (Å²) in [5.74, 6) is 1.39. The Hall–Kier alpha value is -7.08. The second kappa shape index (κ2) is 14.0. The van der Waals surface area contributed by atoms with E-state index in [1.54, 1.807) is 11.3 Å². The Morgan fingerprint density at radius 3 is 1.29 bits per heavy atom. The Morgan fingerprint density at radius 2 is 0.727 bits per heavy atom. The molecule has 7 aromatic carbocycles. The molecule has 5 heteroatoms. The van der Waals surface area contributed by atoms with Crippen LogP contribution < -0.4 is 0 Å². The highest BCUT2D eigenvalue weighted by Crippen LogP contribution is 2.42. The molecule has 4 nitrogen and oxygen atoms in total. The van der Waals surface area contributed by atoms with E-state index in [1.165, 1.54) is 25.7 Å². The standard InChI is InChI=1S/C50H32N4S/c1-5-14-33(15-6-1)34-24-26-38(27-25-34)49-51-45(37-20-11-4-12-21-37)32-46(54-49)41-23-13-22-40-42-30-39(28-29-47(42)55-48(40)41)50-52-43(35-16-7-2-8-17-35)31-44(53-50)36-18-9-3-10-19-36/h1-32H. The lowest BCUT2D eigenvalue weighted by Gasteiger charge is -2.11. The minimum Gasteiger partial charge on any atom is -0.228 e. The summed E-state index contributed by atoms with van der Waals surface area (Å²) in [6, 6.07) is 67.3. The van der Waals surface area contributed by atoms with E-state index in [9.17, 15) is 0 Å². The van der Waals surface area contributed by atoms with Crippen LogP contribution in [-0.4, -0.2) is 19.9 Å². The summed E-state index contributed by atoms with van der Waals surface area (Å²) in [5, 5.41) is 2.35. The van der Waals surface area contributed by atoms with Crippen LogP contribution in [0, 0.1) is 0 Å². The Kier molecular flexibility index (Phi) is 8.32. The molecule has 0 unspecified atom stereocenters. The zero-order valence-electron chi connectivity index (χ0n) is 29.7. The highest BCUT2D eigenvalue weighted by atomic mass is 32.1. The van der Waals surface area contributed by atoms with Crippen molar-refractivity contribution in [2.45, 2.75) is 0 Å². The van der Waals surface area contributed by atoms with Crippen molar-refractivity contribution in [1.29, 1.82) is 0 Å². The topological polar surface area (TPSA) is 51.6 Å². The number of fused-ring (bicyclic) bond motifs is 3. The molecule has 0 bridgehead atoms. The van der Waals surface area contributed by atoms with Crippen molar-refractivity contribution in [2.75, 3.05) is 0 Å². The average Bonchev–Trinajstić information content (AvgIpc) is 3.66. The van der Waals surface area contributed by atoms with Gasteiger partial charge in [0, 0.05) is 53.6 Å². The molecule has 3 heterocycles. The SMILES string of the molecule is c1ccc(-c2ccc(-c3nc(-c4ccccc4)cc(-c4cccc5c4sc4ccc(-c6nc(-c7ccccc7)cc(-c7ccccc7)n6)cc45)n3)cc2)cc1. The van der Waals surface area contributed by atoms with E-state index >= 15 is 0 Å². The van der Waals surface area contributed by atoms with Crippen molar-refractivity contribution in [2.24, 2.45) is 0 Å². The maximum absolute atomic E-state index is 5.24. The molecule has 0 N–H and O–H groups in total. The summed E-state index contributed by atoms with van der Waals surface area (Å²) in [6.07, 6.45) is 0. The molecule has 10 aromatic rings. The van der Waals surface area contributed by atoms with Gasteiger partial charge < -0.3 is 0 Å². The molecule has 0 saturated heterocycles. The highest BCUT2D eigenvalue weighted by Gasteiger charge is 2.17. The first-order valence-electron chi connectivity index (χ1n) is 18.3. The molecule has 10 rings (SSSR count). The molecule has 0 aliphatic heterocycles. The van der Waals surface area contributed by atoms with Crippen molar-refractivity contribution >= 4 is 31.5 Å². The van der Waals surface area contributed by atoms with Gasteiger partial charge in [-0.2, -0.15) is 0 Å². The van der Waals surface area contributed by atoms with Crippen molar-refractivity contribution in [3.8, 4) is 78.9 Å². The summed E-state index contributed by atoms with van der Waals surface area (Å²) in [5.41, 5.74) is 12.1. The lowest BCUT2D eigenvalue weighted by Crippen LogP contribution is -1.96. The molecule has 0 amide bonds. The predicted molar refractivity (Wildman–Crippen MR) is 229 cm³/mol. The second-order valence-electron chi connectivity index (χ2n) is 13.5. The van der Waals surface area contributed by atoms with Crippen LogP contribution in [0.3, 0.4) is 0 Å². The van der Waals surface area contributed by atoms with E-state index < -0.39 is 0 Å². The lowest BCUT2D eigenvalue weighted by atomic mass is 10.0. The number of hydrogen-bond acceptors (Lipinski definition) is 5. The second-order valence-corrected chi connectivity index (χ2v) is 14.5. The molecule has 0 saturated carbocycles. The number of thiophene rings is 1. The minimum absolute atomic E-state index is 0.695. The van der Waals surface area contributed by atoms with Crippen LogP contribution in [0.4, 0.5) is 0 Å². The van der Waals surface area contributed by atoms with Crippen LogP contribution >= 0.6 is 11.3 Å². The predicted octanol–water partition coefficient (Wildman–Crippen LogP) is 13.3. The summed E-state index contributed by atoms with van der Waals surface area (Å²) < 4.78 is 2.38. The Labute approximate surface area is 323 Å². The van der Waals surface area contributed by atoms with Crippen LogP contribution in [-0.2, 0) is 0 Å². The number of nitrogens with zero attached hydrogens (tertiary/aromatic N) is 4. The quantitative estimate of drug-likeness (QED) is 0.164. The molecule has 0 aliphatic rings. The minimum atomic E-state index is 0.695. The van der Waals surface area contributed by atoms with Crippen LogP contribution in [0.2, 0.25) is 0 Å². The van der Waals surface area contributed by atoms with Gasteiger partial charge in [-0.3, -0.25) is 0 Å². The van der Waals surface area contributed by atoms with Crippen molar-refractivity contribution in [3.05, 3.63) is 194 Å². The first kappa shape index (κ1) is 32.6. The van der Waals surface area contributed by atoms with Gasteiger partial charge in [-0.1, -0.05) is 164 Å². The smallest absolute Gasteiger partial charge is 0.160 e. The average molecular weight is 721 g/mol. The third kappa shape index (κ3) is 6.37. The molecule has 0 fully saturated rings. The highest BCUT2D eigenvalue weighted by molar-refractivity contribution is 7.26. The number of aromatic nitrogens is 4. The molecule has 0 atom stereocenters.